The highest BCUT2D eigenvalue weighted by atomic mass is 16.5. The average molecular weight is 293 g/mol. The van der Waals surface area contributed by atoms with Crippen LogP contribution < -0.4 is 11.1 Å². The minimum absolute atomic E-state index is 0.135. The number of nitrogens with one attached hydrogen (secondary N) is 1. The molecule has 0 bridgehead atoms. The summed E-state index contributed by atoms with van der Waals surface area (Å²) in [4.78, 5) is 4.30. The Labute approximate surface area is 127 Å². The summed E-state index contributed by atoms with van der Waals surface area (Å²) in [6.07, 6.45) is 0. The van der Waals surface area contributed by atoms with Gasteiger partial charge in [0.1, 0.15) is 0 Å². The fourth-order valence-electron chi connectivity index (χ4n) is 1.63. The molecule has 21 heavy (non-hydrogen) atoms. The second kappa shape index (κ2) is 8.64. The molecule has 1 rings (SSSR count). The summed E-state index contributed by atoms with van der Waals surface area (Å²) in [5, 5.41) is 2.99. The molecular weight excluding hydrogens is 266 g/mol. The summed E-state index contributed by atoms with van der Waals surface area (Å²) in [7, 11) is 1.65. The number of hydrogen-bond acceptors (Lipinski definition) is 3. The predicted octanol–water partition coefficient (Wildman–Crippen LogP) is 2.05. The molecule has 0 amide bonds. The largest absolute Gasteiger partial charge is 0.383 e. The van der Waals surface area contributed by atoms with Gasteiger partial charge in [-0.1, -0.05) is 24.3 Å². The van der Waals surface area contributed by atoms with Crippen LogP contribution in [0.25, 0.3) is 0 Å². The third kappa shape index (κ3) is 8.32. The first-order valence-corrected chi connectivity index (χ1v) is 7.15. The second-order valence-corrected chi connectivity index (χ2v) is 5.84. The second-order valence-electron chi connectivity index (χ2n) is 5.84. The monoisotopic (exact) mass is 293 g/mol. The van der Waals surface area contributed by atoms with E-state index in [0.717, 1.165) is 11.1 Å². The lowest BCUT2D eigenvalue weighted by Gasteiger charge is -2.19. The molecule has 5 heteroatoms. The van der Waals surface area contributed by atoms with Crippen molar-refractivity contribution in [3.05, 3.63) is 35.4 Å². The maximum absolute atomic E-state index is 5.77. The number of nitrogens with two attached hydrogens (primary N) is 1. The fourth-order valence-corrected chi connectivity index (χ4v) is 1.63. The van der Waals surface area contributed by atoms with Gasteiger partial charge in [0.15, 0.2) is 5.96 Å². The molecule has 0 fully saturated rings. The van der Waals surface area contributed by atoms with Crippen molar-refractivity contribution < 1.29 is 9.47 Å². The molecule has 0 radical (unpaired) electrons. The van der Waals surface area contributed by atoms with Gasteiger partial charge in [0.2, 0.25) is 0 Å². The van der Waals surface area contributed by atoms with E-state index in [1.54, 1.807) is 7.11 Å². The van der Waals surface area contributed by atoms with Crippen molar-refractivity contribution in [2.24, 2.45) is 10.7 Å². The molecule has 1 aromatic carbocycles. The Bertz CT molecular complexity index is 453. The van der Waals surface area contributed by atoms with Crippen LogP contribution in [0.15, 0.2) is 29.3 Å². The fraction of sp³-hybridized carbons (Fsp3) is 0.562. The molecule has 0 aromatic heterocycles. The highest BCUT2D eigenvalue weighted by molar-refractivity contribution is 5.77. The maximum atomic E-state index is 5.77. The number of nitrogens with zero attached hydrogens (tertiary/aromatic N) is 1. The summed E-state index contributed by atoms with van der Waals surface area (Å²) in [6, 6.07) is 8.20. The standard InChI is InChI=1S/C16H27N3O2/c1-16(2,3)21-12-14-7-5-6-13(10-14)11-19-15(17)18-8-9-20-4/h5-7,10H,8-9,11-12H2,1-4H3,(H3,17,18,19). The Hall–Kier alpha value is -1.59. The van der Waals surface area contributed by atoms with Gasteiger partial charge in [-0.25, -0.2) is 4.99 Å². The molecule has 0 aliphatic carbocycles. The van der Waals surface area contributed by atoms with Crippen LogP contribution in [-0.2, 0) is 22.6 Å². The number of aliphatic imine (C=N–C) groups is 1. The lowest BCUT2D eigenvalue weighted by atomic mass is 10.1. The smallest absolute Gasteiger partial charge is 0.188 e. The third-order valence-electron chi connectivity index (χ3n) is 2.71. The van der Waals surface area contributed by atoms with E-state index < -0.39 is 0 Å². The van der Waals surface area contributed by atoms with Crippen molar-refractivity contribution in [1.29, 1.82) is 0 Å². The van der Waals surface area contributed by atoms with Crippen LogP contribution >= 0.6 is 0 Å². The van der Waals surface area contributed by atoms with Crippen LogP contribution in [0, 0.1) is 0 Å². The quantitative estimate of drug-likeness (QED) is 0.459. The van der Waals surface area contributed by atoms with Crippen molar-refractivity contribution >= 4 is 5.96 Å². The van der Waals surface area contributed by atoms with E-state index in [1.165, 1.54) is 0 Å². The topological polar surface area (TPSA) is 68.9 Å². The number of guanidine groups is 1. The Morgan fingerprint density at radius 2 is 2.00 bits per heavy atom. The number of hydrogen-bond donors (Lipinski definition) is 2. The van der Waals surface area contributed by atoms with Crippen molar-refractivity contribution in [3.8, 4) is 0 Å². The van der Waals surface area contributed by atoms with Crippen LogP contribution in [-0.4, -0.2) is 31.8 Å². The molecule has 0 saturated heterocycles. The zero-order chi connectivity index (χ0) is 15.7. The van der Waals surface area contributed by atoms with Gasteiger partial charge in [-0.3, -0.25) is 0 Å². The highest BCUT2D eigenvalue weighted by Crippen LogP contribution is 2.13. The SMILES string of the molecule is COCCNC(N)=NCc1cccc(COC(C)(C)C)c1. The number of rotatable bonds is 7. The first-order valence-electron chi connectivity index (χ1n) is 7.15. The summed E-state index contributed by atoms with van der Waals surface area (Å²) >= 11 is 0. The van der Waals surface area contributed by atoms with Crippen LogP contribution in [0.4, 0.5) is 0 Å². The van der Waals surface area contributed by atoms with Gasteiger partial charge in [0.05, 0.1) is 25.4 Å². The number of benzene rings is 1. The van der Waals surface area contributed by atoms with Crippen LogP contribution in [0.3, 0.4) is 0 Å². The van der Waals surface area contributed by atoms with Crippen LogP contribution in [0.2, 0.25) is 0 Å². The van der Waals surface area contributed by atoms with E-state index in [-0.39, 0.29) is 5.60 Å². The first-order chi connectivity index (χ1) is 9.90. The Morgan fingerprint density at radius 1 is 1.29 bits per heavy atom. The molecule has 118 valence electrons. The molecular formula is C16H27N3O2. The van der Waals surface area contributed by atoms with E-state index in [9.17, 15) is 0 Å². The Kier molecular flexibility index (Phi) is 7.19. The number of methoxy groups -OCH3 is 1. The highest BCUT2D eigenvalue weighted by Gasteiger charge is 2.09. The van der Waals surface area contributed by atoms with E-state index in [0.29, 0.717) is 32.3 Å². The van der Waals surface area contributed by atoms with Crippen molar-refractivity contribution in [2.75, 3.05) is 20.3 Å². The lowest BCUT2D eigenvalue weighted by Crippen LogP contribution is -2.34. The third-order valence-corrected chi connectivity index (χ3v) is 2.71. The lowest BCUT2D eigenvalue weighted by molar-refractivity contribution is -0.0149. The molecule has 1 aromatic rings. The summed E-state index contributed by atoms with van der Waals surface area (Å²) < 4.78 is 10.7. The van der Waals surface area contributed by atoms with Gasteiger partial charge in [0, 0.05) is 13.7 Å². The molecule has 0 saturated carbocycles. The minimum atomic E-state index is -0.135. The summed E-state index contributed by atoms with van der Waals surface area (Å²) in [6.45, 7) is 8.56. The molecule has 0 aliphatic rings. The molecule has 0 atom stereocenters. The Balaban J connectivity index is 2.50. The molecule has 3 N–H and O–H groups in total. The van der Waals surface area contributed by atoms with Crippen LogP contribution in [0.5, 0.6) is 0 Å². The van der Waals surface area contributed by atoms with Crippen molar-refractivity contribution in [2.45, 2.75) is 39.5 Å². The summed E-state index contributed by atoms with van der Waals surface area (Å²) in [5.74, 6) is 0.434. The number of ether oxygens (including phenoxy) is 2. The van der Waals surface area contributed by atoms with Gasteiger partial charge < -0.3 is 20.5 Å². The predicted molar refractivity (Wildman–Crippen MR) is 86.2 cm³/mol. The average Bonchev–Trinajstić information content (AvgIpc) is 2.43. The molecule has 0 heterocycles. The van der Waals surface area contributed by atoms with Gasteiger partial charge in [-0.05, 0) is 31.9 Å². The van der Waals surface area contributed by atoms with E-state index in [1.807, 2.05) is 32.9 Å². The maximum Gasteiger partial charge on any atom is 0.188 e. The van der Waals surface area contributed by atoms with Gasteiger partial charge >= 0.3 is 0 Å². The van der Waals surface area contributed by atoms with Crippen molar-refractivity contribution in [3.63, 3.8) is 0 Å². The van der Waals surface area contributed by atoms with Gasteiger partial charge in [0.25, 0.3) is 0 Å². The molecule has 0 spiro atoms. The zero-order valence-corrected chi connectivity index (χ0v) is 13.5. The van der Waals surface area contributed by atoms with Crippen molar-refractivity contribution in [1.82, 2.24) is 5.32 Å². The van der Waals surface area contributed by atoms with E-state index >= 15 is 0 Å². The van der Waals surface area contributed by atoms with E-state index in [2.05, 4.69) is 22.4 Å². The van der Waals surface area contributed by atoms with E-state index in [4.69, 9.17) is 15.2 Å². The van der Waals surface area contributed by atoms with Gasteiger partial charge in [-0.2, -0.15) is 0 Å². The normalized spacial score (nSPS) is 12.5. The van der Waals surface area contributed by atoms with Crippen LogP contribution in [0.1, 0.15) is 31.9 Å². The molecule has 0 aliphatic heterocycles. The van der Waals surface area contributed by atoms with Gasteiger partial charge in [-0.15, -0.1) is 0 Å². The minimum Gasteiger partial charge on any atom is -0.383 e. The summed E-state index contributed by atoms with van der Waals surface area (Å²) in [5.41, 5.74) is 7.89. The molecule has 0 unspecified atom stereocenters. The first kappa shape index (κ1) is 17.5. The zero-order valence-electron chi connectivity index (χ0n) is 13.5. The molecule has 5 nitrogen and oxygen atoms in total. The Morgan fingerprint density at radius 3 is 2.67 bits per heavy atom.